The van der Waals surface area contributed by atoms with E-state index < -0.39 is 0 Å². The van der Waals surface area contributed by atoms with Crippen molar-refractivity contribution in [1.29, 1.82) is 0 Å². The van der Waals surface area contributed by atoms with E-state index in [1.807, 2.05) is 23.1 Å². The predicted molar refractivity (Wildman–Crippen MR) is 90.0 cm³/mol. The molecule has 1 heterocycles. The van der Waals surface area contributed by atoms with Gasteiger partial charge >= 0.3 is 0 Å². The number of hydrogen-bond donors (Lipinski definition) is 1. The van der Waals surface area contributed by atoms with Crippen molar-refractivity contribution >= 4 is 11.8 Å². The second-order valence-corrected chi connectivity index (χ2v) is 6.78. The smallest absolute Gasteiger partial charge is 0.241 e. The van der Waals surface area contributed by atoms with Crippen LogP contribution >= 0.6 is 0 Å². The maximum Gasteiger partial charge on any atom is 0.241 e. The lowest BCUT2D eigenvalue weighted by Crippen LogP contribution is -2.42. The summed E-state index contributed by atoms with van der Waals surface area (Å²) in [5.74, 6) is 0.971. The van der Waals surface area contributed by atoms with Gasteiger partial charge in [0.2, 0.25) is 11.8 Å². The van der Waals surface area contributed by atoms with Gasteiger partial charge in [0.05, 0.1) is 6.54 Å². The van der Waals surface area contributed by atoms with Gasteiger partial charge in [0, 0.05) is 19.5 Å². The monoisotopic (exact) mass is 314 g/mol. The number of hydrogen-bond acceptors (Lipinski definition) is 2. The van der Waals surface area contributed by atoms with Crippen molar-refractivity contribution in [2.24, 2.45) is 5.92 Å². The van der Waals surface area contributed by atoms with Gasteiger partial charge in [0.25, 0.3) is 0 Å². The highest BCUT2D eigenvalue weighted by atomic mass is 16.2. The molecule has 1 N–H and O–H groups in total. The number of nitrogens with zero attached hydrogens (tertiary/aromatic N) is 1. The van der Waals surface area contributed by atoms with Crippen LogP contribution in [0.5, 0.6) is 0 Å². The fourth-order valence-electron chi connectivity index (χ4n) is 3.46. The van der Waals surface area contributed by atoms with Crippen molar-refractivity contribution in [2.75, 3.05) is 19.6 Å². The summed E-state index contributed by atoms with van der Waals surface area (Å²) in [6.45, 7) is 1.82. The standard InChI is InChI=1S/C19H26N2O2/c22-18(20-14-19(23)21-11-5-2-6-12-21)13-17(16-9-10-16)15-7-3-1-4-8-15/h1,3-4,7-8,16-17H,2,5-6,9-14H2,(H,20,22). The van der Waals surface area contributed by atoms with E-state index in [1.54, 1.807) is 0 Å². The normalized spacial score (nSPS) is 19.2. The first-order valence-electron chi connectivity index (χ1n) is 8.83. The van der Waals surface area contributed by atoms with Crippen molar-refractivity contribution in [3.05, 3.63) is 35.9 Å². The third-order valence-electron chi connectivity index (χ3n) is 4.97. The summed E-state index contributed by atoms with van der Waals surface area (Å²) >= 11 is 0. The van der Waals surface area contributed by atoms with Crippen LogP contribution in [0.1, 0.15) is 50.0 Å². The van der Waals surface area contributed by atoms with Crippen LogP contribution in [-0.2, 0) is 9.59 Å². The molecular formula is C19H26N2O2. The van der Waals surface area contributed by atoms with E-state index in [0.29, 0.717) is 18.3 Å². The zero-order valence-electron chi connectivity index (χ0n) is 13.7. The summed E-state index contributed by atoms with van der Waals surface area (Å²) in [7, 11) is 0. The number of piperidine rings is 1. The zero-order valence-corrected chi connectivity index (χ0v) is 13.7. The Morgan fingerprint density at radius 2 is 1.78 bits per heavy atom. The Bertz CT molecular complexity index is 534. The average Bonchev–Trinajstić information content (AvgIpc) is 3.44. The Hall–Kier alpha value is -1.84. The Morgan fingerprint density at radius 1 is 1.09 bits per heavy atom. The first-order valence-corrected chi connectivity index (χ1v) is 8.83. The SMILES string of the molecule is O=C(CC(c1ccccc1)C1CC1)NCC(=O)N1CCCCC1. The van der Waals surface area contributed by atoms with Crippen LogP contribution in [0.2, 0.25) is 0 Å². The van der Waals surface area contributed by atoms with Crippen LogP contribution in [0.15, 0.2) is 30.3 Å². The topological polar surface area (TPSA) is 49.4 Å². The first-order chi connectivity index (χ1) is 11.2. The Balaban J connectivity index is 1.48. The number of amides is 2. The average molecular weight is 314 g/mol. The fraction of sp³-hybridized carbons (Fsp3) is 0.579. The molecule has 1 aliphatic carbocycles. The minimum absolute atomic E-state index is 0.00360. The molecule has 0 spiro atoms. The molecule has 2 fully saturated rings. The first kappa shape index (κ1) is 16.0. The van der Waals surface area contributed by atoms with Crippen LogP contribution in [-0.4, -0.2) is 36.3 Å². The molecule has 3 rings (SSSR count). The van der Waals surface area contributed by atoms with Crippen LogP contribution in [0.25, 0.3) is 0 Å². The van der Waals surface area contributed by atoms with E-state index in [9.17, 15) is 9.59 Å². The highest BCUT2D eigenvalue weighted by molar-refractivity contribution is 5.85. The molecule has 0 aromatic heterocycles. The molecule has 4 heteroatoms. The van der Waals surface area contributed by atoms with E-state index in [2.05, 4.69) is 17.4 Å². The summed E-state index contributed by atoms with van der Waals surface area (Å²) in [5.41, 5.74) is 1.24. The molecule has 124 valence electrons. The van der Waals surface area contributed by atoms with E-state index in [4.69, 9.17) is 0 Å². The maximum atomic E-state index is 12.3. The van der Waals surface area contributed by atoms with Crippen molar-refractivity contribution in [1.82, 2.24) is 10.2 Å². The number of rotatable bonds is 6. The van der Waals surface area contributed by atoms with E-state index in [1.165, 1.54) is 24.8 Å². The highest BCUT2D eigenvalue weighted by Gasteiger charge is 2.33. The third kappa shape index (κ3) is 4.57. The Morgan fingerprint density at radius 3 is 2.43 bits per heavy atom. The number of carbonyl (C=O) groups excluding carboxylic acids is 2. The quantitative estimate of drug-likeness (QED) is 0.877. The fourth-order valence-corrected chi connectivity index (χ4v) is 3.46. The second kappa shape index (κ2) is 7.62. The van der Waals surface area contributed by atoms with Crippen molar-refractivity contribution in [3.63, 3.8) is 0 Å². The number of benzene rings is 1. The lowest BCUT2D eigenvalue weighted by atomic mass is 9.91. The summed E-state index contributed by atoms with van der Waals surface area (Å²) in [6, 6.07) is 10.3. The number of carbonyl (C=O) groups is 2. The molecule has 1 aliphatic heterocycles. The van der Waals surface area contributed by atoms with Gasteiger partial charge in [-0.25, -0.2) is 0 Å². The predicted octanol–water partition coefficient (Wildman–Crippen LogP) is 2.70. The molecular weight excluding hydrogens is 288 g/mol. The minimum atomic E-state index is -0.00360. The second-order valence-electron chi connectivity index (χ2n) is 6.78. The molecule has 1 saturated heterocycles. The summed E-state index contributed by atoms with van der Waals surface area (Å²) in [6.07, 6.45) is 6.27. The zero-order chi connectivity index (χ0) is 16.1. The molecule has 1 atom stereocenters. The lowest BCUT2D eigenvalue weighted by Gasteiger charge is -2.26. The van der Waals surface area contributed by atoms with Gasteiger partial charge in [0.15, 0.2) is 0 Å². The van der Waals surface area contributed by atoms with E-state index >= 15 is 0 Å². The lowest BCUT2D eigenvalue weighted by molar-refractivity contribution is -0.133. The summed E-state index contributed by atoms with van der Waals surface area (Å²) < 4.78 is 0. The molecule has 1 unspecified atom stereocenters. The van der Waals surface area contributed by atoms with Gasteiger partial charge in [-0.05, 0) is 49.5 Å². The van der Waals surface area contributed by atoms with Gasteiger partial charge in [-0.15, -0.1) is 0 Å². The van der Waals surface area contributed by atoms with Gasteiger partial charge in [-0.3, -0.25) is 9.59 Å². The van der Waals surface area contributed by atoms with Gasteiger partial charge in [0.1, 0.15) is 0 Å². The third-order valence-corrected chi connectivity index (χ3v) is 4.97. The summed E-state index contributed by atoms with van der Waals surface area (Å²) in [4.78, 5) is 26.3. The van der Waals surface area contributed by atoms with Gasteiger partial charge in [-0.2, -0.15) is 0 Å². The molecule has 1 saturated carbocycles. The molecule has 23 heavy (non-hydrogen) atoms. The van der Waals surface area contributed by atoms with Crippen LogP contribution in [0, 0.1) is 5.92 Å². The minimum Gasteiger partial charge on any atom is -0.347 e. The largest absolute Gasteiger partial charge is 0.347 e. The molecule has 0 radical (unpaired) electrons. The van der Waals surface area contributed by atoms with Gasteiger partial charge < -0.3 is 10.2 Å². The van der Waals surface area contributed by atoms with Crippen LogP contribution in [0.4, 0.5) is 0 Å². The molecule has 1 aromatic carbocycles. The molecule has 4 nitrogen and oxygen atoms in total. The Kier molecular flexibility index (Phi) is 5.31. The highest BCUT2D eigenvalue weighted by Crippen LogP contribution is 2.44. The van der Waals surface area contributed by atoms with Crippen LogP contribution in [0.3, 0.4) is 0 Å². The number of likely N-dealkylation sites (tertiary alicyclic amines) is 1. The van der Waals surface area contributed by atoms with Gasteiger partial charge in [-0.1, -0.05) is 30.3 Å². The summed E-state index contributed by atoms with van der Waals surface area (Å²) in [5, 5.41) is 2.83. The van der Waals surface area contributed by atoms with Crippen molar-refractivity contribution < 1.29 is 9.59 Å². The van der Waals surface area contributed by atoms with Crippen LogP contribution < -0.4 is 5.32 Å². The molecule has 2 amide bonds. The Labute approximate surface area is 138 Å². The molecule has 1 aromatic rings. The molecule has 2 aliphatic rings. The van der Waals surface area contributed by atoms with E-state index in [0.717, 1.165) is 25.9 Å². The van der Waals surface area contributed by atoms with Crippen molar-refractivity contribution in [3.8, 4) is 0 Å². The maximum absolute atomic E-state index is 12.3. The number of nitrogens with one attached hydrogen (secondary N) is 1. The molecule has 0 bridgehead atoms. The van der Waals surface area contributed by atoms with Crippen molar-refractivity contribution in [2.45, 2.75) is 44.4 Å². The van der Waals surface area contributed by atoms with E-state index in [-0.39, 0.29) is 18.4 Å².